The van der Waals surface area contributed by atoms with Gasteiger partial charge in [0, 0.05) is 26.9 Å². The summed E-state index contributed by atoms with van der Waals surface area (Å²) in [5, 5.41) is 0.549. The Hall–Kier alpha value is -1.65. The van der Waals surface area contributed by atoms with Crippen LogP contribution in [-0.2, 0) is 5.75 Å². The van der Waals surface area contributed by atoms with Crippen molar-refractivity contribution in [3.8, 4) is 0 Å². The first-order chi connectivity index (χ1) is 9.06. The van der Waals surface area contributed by atoms with E-state index in [0.29, 0.717) is 16.3 Å². The first-order valence-electron chi connectivity index (χ1n) is 5.63. The minimum atomic E-state index is -0.475. The van der Waals surface area contributed by atoms with Crippen LogP contribution in [0.1, 0.15) is 15.9 Å². The lowest BCUT2D eigenvalue weighted by Crippen LogP contribution is -2.10. The van der Waals surface area contributed by atoms with E-state index < -0.39 is 5.91 Å². The Balaban J connectivity index is 2.10. The zero-order chi connectivity index (χ0) is 13.8. The van der Waals surface area contributed by atoms with Crippen LogP contribution in [-0.4, -0.2) is 5.91 Å². The second-order valence-corrected chi connectivity index (χ2v) is 5.49. The van der Waals surface area contributed by atoms with Crippen molar-refractivity contribution in [1.82, 2.24) is 0 Å². The highest BCUT2D eigenvalue weighted by Crippen LogP contribution is 2.28. The lowest BCUT2D eigenvalue weighted by molar-refractivity contribution is 0.100. The van der Waals surface area contributed by atoms with E-state index in [1.54, 1.807) is 23.9 Å². The molecule has 0 bridgehead atoms. The number of nitrogens with two attached hydrogens (primary N) is 2. The van der Waals surface area contributed by atoms with Crippen LogP contribution in [0.2, 0.25) is 5.02 Å². The molecule has 0 saturated heterocycles. The molecule has 0 atom stereocenters. The van der Waals surface area contributed by atoms with Crippen molar-refractivity contribution in [1.29, 1.82) is 0 Å². The molecule has 0 aliphatic carbocycles. The average molecular weight is 293 g/mol. The largest absolute Gasteiger partial charge is 0.399 e. The molecule has 2 rings (SSSR count). The smallest absolute Gasteiger partial charge is 0.248 e. The maximum absolute atomic E-state index is 11.0. The van der Waals surface area contributed by atoms with Gasteiger partial charge >= 0.3 is 0 Å². The molecule has 0 aliphatic heterocycles. The predicted molar refractivity (Wildman–Crippen MR) is 80.4 cm³/mol. The van der Waals surface area contributed by atoms with Gasteiger partial charge in [0.15, 0.2) is 0 Å². The van der Waals surface area contributed by atoms with Crippen LogP contribution >= 0.6 is 23.4 Å². The third-order valence-electron chi connectivity index (χ3n) is 2.59. The van der Waals surface area contributed by atoms with E-state index in [-0.39, 0.29) is 0 Å². The van der Waals surface area contributed by atoms with Gasteiger partial charge in [0.05, 0.1) is 0 Å². The fourth-order valence-corrected chi connectivity index (χ4v) is 2.88. The lowest BCUT2D eigenvalue weighted by Gasteiger charge is -2.06. The topological polar surface area (TPSA) is 69.1 Å². The molecule has 2 aromatic rings. The maximum atomic E-state index is 11.0. The predicted octanol–water partition coefficient (Wildman–Crippen LogP) is 3.31. The number of benzene rings is 2. The quantitative estimate of drug-likeness (QED) is 0.671. The Bertz CT molecular complexity index is 616. The Morgan fingerprint density at radius 2 is 2.00 bits per heavy atom. The highest BCUT2D eigenvalue weighted by atomic mass is 35.5. The Morgan fingerprint density at radius 1 is 1.21 bits per heavy atom. The van der Waals surface area contributed by atoms with Crippen molar-refractivity contribution >= 4 is 35.0 Å². The Morgan fingerprint density at radius 3 is 2.63 bits per heavy atom. The Labute approximate surface area is 120 Å². The van der Waals surface area contributed by atoms with Gasteiger partial charge in [-0.1, -0.05) is 23.7 Å². The molecule has 4 N–H and O–H groups in total. The first-order valence-corrected chi connectivity index (χ1v) is 6.99. The van der Waals surface area contributed by atoms with Crippen molar-refractivity contribution in [2.45, 2.75) is 10.6 Å². The van der Waals surface area contributed by atoms with E-state index in [9.17, 15) is 4.79 Å². The molecule has 5 heteroatoms. The minimum Gasteiger partial charge on any atom is -0.399 e. The SMILES string of the molecule is NC(=O)c1ccc(CSc2cccc(N)c2)c(Cl)c1. The van der Waals surface area contributed by atoms with Crippen LogP contribution < -0.4 is 11.5 Å². The zero-order valence-corrected chi connectivity index (χ0v) is 11.7. The van der Waals surface area contributed by atoms with Gasteiger partial charge in [-0.3, -0.25) is 4.79 Å². The molecule has 98 valence electrons. The second kappa shape index (κ2) is 5.99. The first kappa shape index (κ1) is 13.8. The molecule has 1 amide bonds. The maximum Gasteiger partial charge on any atom is 0.248 e. The van der Waals surface area contributed by atoms with Crippen molar-refractivity contribution in [2.24, 2.45) is 5.73 Å². The third kappa shape index (κ3) is 3.66. The van der Waals surface area contributed by atoms with Gasteiger partial charge in [-0.2, -0.15) is 0 Å². The van der Waals surface area contributed by atoms with Crippen LogP contribution in [0.5, 0.6) is 0 Å². The molecule has 0 spiro atoms. The van der Waals surface area contributed by atoms with Crippen molar-refractivity contribution in [3.05, 3.63) is 58.6 Å². The second-order valence-electron chi connectivity index (χ2n) is 4.03. The highest BCUT2D eigenvalue weighted by molar-refractivity contribution is 7.98. The molecule has 0 aliphatic rings. The van der Waals surface area contributed by atoms with Gasteiger partial charge < -0.3 is 11.5 Å². The van der Waals surface area contributed by atoms with E-state index in [2.05, 4.69) is 0 Å². The van der Waals surface area contributed by atoms with E-state index in [4.69, 9.17) is 23.1 Å². The summed E-state index contributed by atoms with van der Waals surface area (Å²) in [5.41, 5.74) is 13.0. The number of hydrogen-bond acceptors (Lipinski definition) is 3. The molecule has 0 heterocycles. The van der Waals surface area contributed by atoms with Gasteiger partial charge in [0.2, 0.25) is 5.91 Å². The number of carbonyl (C=O) groups excluding carboxylic acids is 1. The number of amides is 1. The summed E-state index contributed by atoms with van der Waals surface area (Å²) in [7, 11) is 0. The van der Waals surface area contributed by atoms with E-state index in [1.807, 2.05) is 30.3 Å². The lowest BCUT2D eigenvalue weighted by atomic mass is 10.1. The van der Waals surface area contributed by atoms with Gasteiger partial charge in [-0.05, 0) is 35.9 Å². The molecule has 0 radical (unpaired) electrons. The van der Waals surface area contributed by atoms with E-state index in [1.165, 1.54) is 0 Å². The van der Waals surface area contributed by atoms with E-state index in [0.717, 1.165) is 16.1 Å². The summed E-state index contributed by atoms with van der Waals surface area (Å²) in [6.07, 6.45) is 0. The summed E-state index contributed by atoms with van der Waals surface area (Å²) in [6.45, 7) is 0. The third-order valence-corrected chi connectivity index (χ3v) is 3.98. The number of thioether (sulfide) groups is 1. The number of halogens is 1. The summed E-state index contributed by atoms with van der Waals surface area (Å²) < 4.78 is 0. The molecule has 0 saturated carbocycles. The highest BCUT2D eigenvalue weighted by Gasteiger charge is 2.06. The van der Waals surface area contributed by atoms with E-state index >= 15 is 0 Å². The monoisotopic (exact) mass is 292 g/mol. The molecule has 0 aromatic heterocycles. The van der Waals surface area contributed by atoms with Crippen LogP contribution in [0.4, 0.5) is 5.69 Å². The Kier molecular flexibility index (Phi) is 4.35. The van der Waals surface area contributed by atoms with Crippen molar-refractivity contribution in [3.63, 3.8) is 0 Å². The summed E-state index contributed by atoms with van der Waals surface area (Å²) in [5.74, 6) is 0.235. The molecule has 2 aromatic carbocycles. The molecule has 0 unspecified atom stereocenters. The molecular formula is C14H13ClN2OS. The summed E-state index contributed by atoms with van der Waals surface area (Å²) in [4.78, 5) is 12.1. The molecule has 3 nitrogen and oxygen atoms in total. The number of nitrogen functional groups attached to an aromatic ring is 1. The van der Waals surface area contributed by atoms with Crippen LogP contribution in [0.3, 0.4) is 0 Å². The number of carbonyl (C=O) groups is 1. The standard InChI is InChI=1S/C14H13ClN2OS/c15-13-6-9(14(17)18)4-5-10(13)8-19-12-3-1-2-11(16)7-12/h1-7H,8,16H2,(H2,17,18). The number of primary amides is 1. The van der Waals surface area contributed by atoms with Gasteiger partial charge in [-0.25, -0.2) is 0 Å². The fourth-order valence-electron chi connectivity index (χ4n) is 1.58. The van der Waals surface area contributed by atoms with Crippen molar-refractivity contribution < 1.29 is 4.79 Å². The van der Waals surface area contributed by atoms with Gasteiger partial charge in [-0.15, -0.1) is 11.8 Å². The number of hydrogen-bond donors (Lipinski definition) is 2. The zero-order valence-electron chi connectivity index (χ0n) is 10.1. The number of anilines is 1. The fraction of sp³-hybridized carbons (Fsp3) is 0.0714. The normalized spacial score (nSPS) is 10.4. The average Bonchev–Trinajstić information content (AvgIpc) is 2.37. The van der Waals surface area contributed by atoms with Crippen LogP contribution in [0.15, 0.2) is 47.4 Å². The number of rotatable bonds is 4. The van der Waals surface area contributed by atoms with Gasteiger partial charge in [0.25, 0.3) is 0 Å². The van der Waals surface area contributed by atoms with Crippen molar-refractivity contribution in [2.75, 3.05) is 5.73 Å². The minimum absolute atomic E-state index is 0.419. The molecule has 19 heavy (non-hydrogen) atoms. The van der Waals surface area contributed by atoms with Gasteiger partial charge in [0.1, 0.15) is 0 Å². The van der Waals surface area contributed by atoms with Crippen LogP contribution in [0.25, 0.3) is 0 Å². The molecular weight excluding hydrogens is 280 g/mol. The molecule has 0 fully saturated rings. The summed E-state index contributed by atoms with van der Waals surface area (Å²) in [6, 6.07) is 12.8. The van der Waals surface area contributed by atoms with Crippen LogP contribution in [0, 0.1) is 0 Å². The summed E-state index contributed by atoms with van der Waals surface area (Å²) >= 11 is 7.76.